The van der Waals surface area contributed by atoms with Gasteiger partial charge in [-0.3, -0.25) is 9.59 Å². The second kappa shape index (κ2) is 6.37. The molecule has 0 aliphatic carbocycles. The van der Waals surface area contributed by atoms with Crippen LogP contribution in [0.15, 0.2) is 28.7 Å². The first-order valence-electron chi connectivity index (χ1n) is 7.19. The third-order valence-corrected chi connectivity index (χ3v) is 3.96. The molecule has 0 N–H and O–H groups in total. The minimum absolute atomic E-state index is 0.0138. The number of halogens is 1. The maximum Gasteiger partial charge on any atom is 0.311 e. The Morgan fingerprint density at radius 1 is 1.04 bits per heavy atom. The zero-order chi connectivity index (χ0) is 16.4. The van der Waals surface area contributed by atoms with Gasteiger partial charge in [-0.05, 0) is 24.3 Å². The molecule has 2 amide bonds. The summed E-state index contributed by atoms with van der Waals surface area (Å²) in [7, 11) is 0. The van der Waals surface area contributed by atoms with Crippen molar-refractivity contribution >= 4 is 23.4 Å². The molecule has 3 rings (SSSR count). The maximum absolute atomic E-state index is 12.4. The molecular formula is C15H15ClN4O3. The van der Waals surface area contributed by atoms with Crippen molar-refractivity contribution in [2.75, 3.05) is 26.2 Å². The van der Waals surface area contributed by atoms with E-state index in [0.29, 0.717) is 36.8 Å². The Bertz CT molecular complexity index is 721. The largest absolute Gasteiger partial charge is 0.412 e. The summed E-state index contributed by atoms with van der Waals surface area (Å²) in [6.45, 7) is 3.46. The van der Waals surface area contributed by atoms with Crippen molar-refractivity contribution < 1.29 is 14.0 Å². The average Bonchev–Trinajstić information content (AvgIpc) is 3.05. The van der Waals surface area contributed by atoms with Gasteiger partial charge in [0.25, 0.3) is 0 Å². The third-order valence-electron chi connectivity index (χ3n) is 3.71. The van der Waals surface area contributed by atoms with E-state index >= 15 is 0 Å². The smallest absolute Gasteiger partial charge is 0.311 e. The summed E-state index contributed by atoms with van der Waals surface area (Å²) in [6, 6.07) is 6.92. The van der Waals surface area contributed by atoms with E-state index in [2.05, 4.69) is 10.2 Å². The number of carbonyl (C=O) groups is 2. The first kappa shape index (κ1) is 15.5. The zero-order valence-electron chi connectivity index (χ0n) is 12.5. The molecule has 23 heavy (non-hydrogen) atoms. The molecule has 0 spiro atoms. The number of hydrogen-bond donors (Lipinski definition) is 0. The molecule has 0 atom stereocenters. The minimum Gasteiger partial charge on any atom is -0.412 e. The number of nitrogens with zero attached hydrogens (tertiary/aromatic N) is 4. The van der Waals surface area contributed by atoms with Crippen LogP contribution in [0.2, 0.25) is 5.02 Å². The van der Waals surface area contributed by atoms with Crippen LogP contribution in [0.1, 0.15) is 17.6 Å². The highest BCUT2D eigenvalue weighted by atomic mass is 35.5. The Hall–Kier alpha value is -2.41. The van der Waals surface area contributed by atoms with E-state index in [4.69, 9.17) is 16.0 Å². The van der Waals surface area contributed by atoms with Gasteiger partial charge in [0, 0.05) is 43.7 Å². The van der Waals surface area contributed by atoms with E-state index < -0.39 is 0 Å². The van der Waals surface area contributed by atoms with E-state index in [9.17, 15) is 9.59 Å². The first-order valence-corrected chi connectivity index (χ1v) is 7.56. The van der Waals surface area contributed by atoms with Crippen LogP contribution in [0.25, 0.3) is 11.5 Å². The summed E-state index contributed by atoms with van der Waals surface area (Å²) in [5.74, 6) is -0.0838. The van der Waals surface area contributed by atoms with Crippen molar-refractivity contribution in [1.29, 1.82) is 0 Å². The molecule has 7 nitrogen and oxygen atoms in total. The number of carbonyl (C=O) groups excluding carboxylic acids is 2. The highest BCUT2D eigenvalue weighted by molar-refractivity contribution is 6.30. The van der Waals surface area contributed by atoms with Crippen LogP contribution < -0.4 is 0 Å². The fourth-order valence-electron chi connectivity index (χ4n) is 2.38. The van der Waals surface area contributed by atoms with Crippen LogP contribution in [-0.2, 0) is 4.79 Å². The van der Waals surface area contributed by atoms with Crippen LogP contribution >= 0.6 is 11.6 Å². The van der Waals surface area contributed by atoms with Gasteiger partial charge in [-0.2, -0.15) is 0 Å². The van der Waals surface area contributed by atoms with Gasteiger partial charge in [0.05, 0.1) is 0 Å². The molecule has 1 saturated heterocycles. The third kappa shape index (κ3) is 3.34. The van der Waals surface area contributed by atoms with Crippen LogP contribution in [0, 0.1) is 0 Å². The molecule has 1 aromatic heterocycles. The van der Waals surface area contributed by atoms with Gasteiger partial charge in [-0.25, -0.2) is 0 Å². The molecule has 0 bridgehead atoms. The van der Waals surface area contributed by atoms with Gasteiger partial charge in [0.1, 0.15) is 0 Å². The Balaban J connectivity index is 1.69. The monoisotopic (exact) mass is 334 g/mol. The average molecular weight is 335 g/mol. The van der Waals surface area contributed by atoms with Gasteiger partial charge in [-0.15, -0.1) is 10.2 Å². The molecule has 1 aliphatic heterocycles. The van der Waals surface area contributed by atoms with Crippen LogP contribution in [0.4, 0.5) is 0 Å². The topological polar surface area (TPSA) is 79.5 Å². The molecule has 0 unspecified atom stereocenters. The van der Waals surface area contributed by atoms with Gasteiger partial charge < -0.3 is 14.2 Å². The number of benzene rings is 1. The molecule has 2 heterocycles. The maximum atomic E-state index is 12.4. The zero-order valence-corrected chi connectivity index (χ0v) is 13.3. The summed E-state index contributed by atoms with van der Waals surface area (Å²) in [6.07, 6.45) is 0. The summed E-state index contributed by atoms with van der Waals surface area (Å²) >= 11 is 5.83. The fourth-order valence-corrected chi connectivity index (χ4v) is 2.50. The number of aromatic nitrogens is 2. The van der Waals surface area contributed by atoms with Crippen molar-refractivity contribution in [3.8, 4) is 11.5 Å². The van der Waals surface area contributed by atoms with E-state index in [0.717, 1.165) is 0 Å². The molecule has 120 valence electrons. The van der Waals surface area contributed by atoms with Crippen molar-refractivity contribution in [3.05, 3.63) is 35.2 Å². The molecule has 1 fully saturated rings. The van der Waals surface area contributed by atoms with Gasteiger partial charge in [0.2, 0.25) is 11.8 Å². The van der Waals surface area contributed by atoms with Crippen LogP contribution in [0.3, 0.4) is 0 Å². The molecular weight excluding hydrogens is 320 g/mol. The summed E-state index contributed by atoms with van der Waals surface area (Å²) in [5, 5.41) is 8.33. The Morgan fingerprint density at radius 2 is 1.65 bits per heavy atom. The lowest BCUT2D eigenvalue weighted by Crippen LogP contribution is -2.50. The van der Waals surface area contributed by atoms with E-state index in [1.165, 1.54) is 6.92 Å². The quantitative estimate of drug-likeness (QED) is 0.835. The van der Waals surface area contributed by atoms with Crippen molar-refractivity contribution in [2.45, 2.75) is 6.92 Å². The SMILES string of the molecule is CC(=O)N1CCN(C(=O)c2nnc(-c3ccc(Cl)cc3)o2)CC1. The first-order chi connectivity index (χ1) is 11.0. The summed E-state index contributed by atoms with van der Waals surface area (Å²) in [5.41, 5.74) is 0.697. The van der Waals surface area contributed by atoms with Gasteiger partial charge in [-0.1, -0.05) is 11.6 Å². The minimum atomic E-state index is -0.319. The Morgan fingerprint density at radius 3 is 2.26 bits per heavy atom. The van der Waals surface area contributed by atoms with Crippen LogP contribution in [0.5, 0.6) is 0 Å². The number of hydrogen-bond acceptors (Lipinski definition) is 5. The molecule has 0 saturated carbocycles. The highest BCUT2D eigenvalue weighted by Gasteiger charge is 2.27. The van der Waals surface area contributed by atoms with Crippen LogP contribution in [-0.4, -0.2) is 58.0 Å². The van der Waals surface area contributed by atoms with Crippen molar-refractivity contribution in [1.82, 2.24) is 20.0 Å². The second-order valence-corrected chi connectivity index (χ2v) is 5.65. The molecule has 1 aromatic carbocycles. The van der Waals surface area contributed by atoms with Crippen molar-refractivity contribution in [2.24, 2.45) is 0 Å². The normalized spacial score (nSPS) is 14.9. The fraction of sp³-hybridized carbons (Fsp3) is 0.333. The predicted octanol–water partition coefficient (Wildman–Crippen LogP) is 1.69. The molecule has 0 radical (unpaired) electrons. The number of rotatable bonds is 2. The summed E-state index contributed by atoms with van der Waals surface area (Å²) in [4.78, 5) is 27.0. The van der Waals surface area contributed by atoms with E-state index in [-0.39, 0.29) is 23.6 Å². The Kier molecular flexibility index (Phi) is 4.29. The molecule has 2 aromatic rings. The van der Waals surface area contributed by atoms with E-state index in [1.54, 1.807) is 34.1 Å². The lowest BCUT2D eigenvalue weighted by atomic mass is 10.2. The standard InChI is InChI=1S/C15H15ClN4O3/c1-10(21)19-6-8-20(9-7-19)15(22)14-18-17-13(23-14)11-2-4-12(16)5-3-11/h2-5H,6-9H2,1H3. The van der Waals surface area contributed by atoms with Crippen molar-refractivity contribution in [3.63, 3.8) is 0 Å². The number of amides is 2. The lowest BCUT2D eigenvalue weighted by molar-refractivity contribution is -0.130. The molecule has 8 heteroatoms. The number of piperazine rings is 1. The lowest BCUT2D eigenvalue weighted by Gasteiger charge is -2.33. The second-order valence-electron chi connectivity index (χ2n) is 5.22. The Labute approximate surface area is 137 Å². The highest BCUT2D eigenvalue weighted by Crippen LogP contribution is 2.20. The van der Waals surface area contributed by atoms with Gasteiger partial charge in [0.15, 0.2) is 0 Å². The molecule has 1 aliphatic rings. The predicted molar refractivity (Wildman–Crippen MR) is 82.9 cm³/mol. The van der Waals surface area contributed by atoms with E-state index in [1.807, 2.05) is 0 Å². The van der Waals surface area contributed by atoms with Gasteiger partial charge >= 0.3 is 11.8 Å². The summed E-state index contributed by atoms with van der Waals surface area (Å²) < 4.78 is 5.46.